The van der Waals surface area contributed by atoms with Gasteiger partial charge in [-0.2, -0.15) is 0 Å². The maximum absolute atomic E-state index is 12.3. The summed E-state index contributed by atoms with van der Waals surface area (Å²) in [6, 6.07) is 1.49. The van der Waals surface area contributed by atoms with Gasteiger partial charge in [0.05, 0.1) is 11.5 Å². The Labute approximate surface area is 151 Å². The lowest BCUT2D eigenvalue weighted by atomic mass is 9.90. The van der Waals surface area contributed by atoms with Crippen LogP contribution in [0.2, 0.25) is 0 Å². The first kappa shape index (κ1) is 18.4. The molecule has 0 aromatic carbocycles. The minimum Gasteiger partial charge on any atom is -0.448 e. The first-order valence-corrected chi connectivity index (χ1v) is 11.2. The summed E-state index contributed by atoms with van der Waals surface area (Å²) in [5.41, 5.74) is 1.21. The van der Waals surface area contributed by atoms with Crippen LogP contribution in [0, 0.1) is 5.92 Å². The second-order valence-corrected chi connectivity index (χ2v) is 10.4. The molecule has 1 aliphatic heterocycles. The third kappa shape index (κ3) is 4.41. The molecule has 1 fully saturated rings. The van der Waals surface area contributed by atoms with E-state index in [1.54, 1.807) is 0 Å². The number of nitrogens with one attached hydrogen (secondary N) is 1. The number of ether oxygens (including phenoxy) is 1. The number of rotatable bonds is 4. The Morgan fingerprint density at radius 2 is 2.12 bits per heavy atom. The Morgan fingerprint density at radius 1 is 1.36 bits per heavy atom. The van der Waals surface area contributed by atoms with E-state index >= 15 is 0 Å². The molecule has 25 heavy (non-hydrogen) atoms. The van der Waals surface area contributed by atoms with Crippen molar-refractivity contribution in [1.82, 2.24) is 5.32 Å². The molecule has 138 valence electrons. The Morgan fingerprint density at radius 3 is 2.80 bits per heavy atom. The van der Waals surface area contributed by atoms with E-state index in [1.807, 2.05) is 6.07 Å². The molecule has 0 bridgehead atoms. The van der Waals surface area contributed by atoms with Crippen molar-refractivity contribution in [2.24, 2.45) is 5.92 Å². The van der Waals surface area contributed by atoms with E-state index in [0.717, 1.165) is 19.3 Å². The summed E-state index contributed by atoms with van der Waals surface area (Å²) < 4.78 is 28.2. The fourth-order valence-electron chi connectivity index (χ4n) is 3.31. The van der Waals surface area contributed by atoms with Gasteiger partial charge in [0, 0.05) is 10.9 Å². The molecule has 0 radical (unpaired) electrons. The smallest absolute Gasteiger partial charge is 0.349 e. The monoisotopic (exact) mass is 385 g/mol. The Hall–Kier alpha value is -1.41. The van der Waals surface area contributed by atoms with E-state index in [4.69, 9.17) is 4.74 Å². The molecule has 6 nitrogen and oxygen atoms in total. The summed E-state index contributed by atoms with van der Waals surface area (Å²) in [7, 11) is -3.06. The average molecular weight is 386 g/mol. The summed E-state index contributed by atoms with van der Waals surface area (Å²) >= 11 is 1.45. The van der Waals surface area contributed by atoms with Crippen molar-refractivity contribution in [3.8, 4) is 0 Å². The van der Waals surface area contributed by atoms with Crippen LogP contribution in [-0.2, 0) is 32.2 Å². The lowest BCUT2D eigenvalue weighted by Crippen LogP contribution is -2.42. The quantitative estimate of drug-likeness (QED) is 0.797. The number of hydrogen-bond acceptors (Lipinski definition) is 6. The van der Waals surface area contributed by atoms with Crippen LogP contribution >= 0.6 is 11.3 Å². The lowest BCUT2D eigenvalue weighted by Gasteiger charge is -2.16. The average Bonchev–Trinajstić information content (AvgIpc) is 3.09. The summed E-state index contributed by atoms with van der Waals surface area (Å²) in [5.74, 6) is -0.280. The van der Waals surface area contributed by atoms with Crippen LogP contribution in [0.3, 0.4) is 0 Å². The van der Waals surface area contributed by atoms with Gasteiger partial charge in [-0.15, -0.1) is 11.3 Å². The first-order chi connectivity index (χ1) is 11.7. The Bertz CT molecular complexity index is 783. The molecule has 1 aromatic rings. The molecule has 3 atom stereocenters. The van der Waals surface area contributed by atoms with E-state index < -0.39 is 33.9 Å². The summed E-state index contributed by atoms with van der Waals surface area (Å²) in [6.07, 6.45) is 2.55. The molecule has 1 saturated heterocycles. The van der Waals surface area contributed by atoms with Crippen LogP contribution in [0.5, 0.6) is 0 Å². The van der Waals surface area contributed by atoms with Crippen molar-refractivity contribution in [2.45, 2.75) is 51.7 Å². The second kappa shape index (κ2) is 7.07. The minimum atomic E-state index is -3.06. The number of esters is 1. The van der Waals surface area contributed by atoms with Crippen LogP contribution in [-0.4, -0.2) is 43.9 Å². The van der Waals surface area contributed by atoms with Gasteiger partial charge >= 0.3 is 5.97 Å². The molecule has 1 N–H and O–H groups in total. The molecule has 2 aliphatic rings. The molecule has 0 spiro atoms. The largest absolute Gasteiger partial charge is 0.448 e. The highest BCUT2D eigenvalue weighted by atomic mass is 32.2. The SMILES string of the molecule is C[C@H]1CCc2sc(C(=O)O[C@H](C)C(=O)N[C@@H]3CCS(=O)(=O)C3)cc2C1. The van der Waals surface area contributed by atoms with Crippen molar-refractivity contribution >= 4 is 33.1 Å². The third-order valence-corrected chi connectivity index (χ3v) is 7.75. The van der Waals surface area contributed by atoms with E-state index in [9.17, 15) is 18.0 Å². The van der Waals surface area contributed by atoms with Crippen molar-refractivity contribution in [2.75, 3.05) is 11.5 Å². The highest BCUT2D eigenvalue weighted by Crippen LogP contribution is 2.32. The van der Waals surface area contributed by atoms with Crippen LogP contribution in [0.4, 0.5) is 0 Å². The molecule has 8 heteroatoms. The molecule has 2 heterocycles. The van der Waals surface area contributed by atoms with Gasteiger partial charge in [-0.05, 0) is 50.2 Å². The van der Waals surface area contributed by atoms with Gasteiger partial charge < -0.3 is 10.1 Å². The van der Waals surface area contributed by atoms with Gasteiger partial charge in [0.25, 0.3) is 5.91 Å². The van der Waals surface area contributed by atoms with Crippen LogP contribution in [0.15, 0.2) is 6.07 Å². The Balaban J connectivity index is 1.56. The molecule has 3 rings (SSSR count). The molecule has 1 aromatic heterocycles. The van der Waals surface area contributed by atoms with Crippen LogP contribution in [0.25, 0.3) is 0 Å². The number of hydrogen-bond donors (Lipinski definition) is 1. The van der Waals surface area contributed by atoms with Crippen molar-refractivity contribution in [3.05, 3.63) is 21.4 Å². The van der Waals surface area contributed by atoms with Crippen molar-refractivity contribution < 1.29 is 22.7 Å². The topological polar surface area (TPSA) is 89.5 Å². The predicted molar refractivity (Wildman–Crippen MR) is 95.6 cm³/mol. The number of carbonyl (C=O) groups is 2. The normalized spacial score (nSPS) is 25.8. The van der Waals surface area contributed by atoms with E-state index in [1.165, 1.54) is 28.7 Å². The van der Waals surface area contributed by atoms with E-state index in [-0.39, 0.29) is 11.5 Å². The summed E-state index contributed by atoms with van der Waals surface area (Å²) in [6.45, 7) is 3.71. The number of sulfone groups is 1. The van der Waals surface area contributed by atoms with E-state index in [0.29, 0.717) is 17.2 Å². The van der Waals surface area contributed by atoms with Gasteiger partial charge in [-0.3, -0.25) is 4.79 Å². The van der Waals surface area contributed by atoms with Crippen LogP contribution in [0.1, 0.15) is 46.8 Å². The zero-order valence-corrected chi connectivity index (χ0v) is 16.0. The standard InChI is InChI=1S/C17H23NO5S2/c1-10-3-4-14-12(7-10)8-15(24-14)17(20)23-11(2)16(19)18-13-5-6-25(21,22)9-13/h8,10-11,13H,3-7,9H2,1-2H3,(H,18,19)/t10-,11+,13+/m0/s1. The molecule has 1 amide bonds. The maximum Gasteiger partial charge on any atom is 0.349 e. The van der Waals surface area contributed by atoms with E-state index in [2.05, 4.69) is 12.2 Å². The molecule has 0 unspecified atom stereocenters. The molecule has 0 saturated carbocycles. The van der Waals surface area contributed by atoms with Gasteiger partial charge in [-0.1, -0.05) is 6.92 Å². The zero-order chi connectivity index (χ0) is 18.2. The number of amides is 1. The van der Waals surface area contributed by atoms with Gasteiger partial charge in [0.2, 0.25) is 0 Å². The fraction of sp³-hybridized carbons (Fsp3) is 0.647. The second-order valence-electron chi connectivity index (χ2n) is 7.06. The number of fused-ring (bicyclic) bond motifs is 1. The lowest BCUT2D eigenvalue weighted by molar-refractivity contribution is -0.129. The van der Waals surface area contributed by atoms with Crippen molar-refractivity contribution in [1.29, 1.82) is 0 Å². The molecular weight excluding hydrogens is 362 g/mol. The molecule has 1 aliphatic carbocycles. The predicted octanol–water partition coefficient (Wildman–Crippen LogP) is 1.72. The van der Waals surface area contributed by atoms with Gasteiger partial charge in [-0.25, -0.2) is 13.2 Å². The highest BCUT2D eigenvalue weighted by Gasteiger charge is 2.31. The summed E-state index contributed by atoms with van der Waals surface area (Å²) in [4.78, 5) is 26.2. The first-order valence-electron chi connectivity index (χ1n) is 8.57. The van der Waals surface area contributed by atoms with Gasteiger partial charge in [0.1, 0.15) is 4.88 Å². The number of thiophene rings is 1. The van der Waals surface area contributed by atoms with Crippen molar-refractivity contribution in [3.63, 3.8) is 0 Å². The number of carbonyl (C=O) groups excluding carboxylic acids is 2. The highest BCUT2D eigenvalue weighted by molar-refractivity contribution is 7.91. The maximum atomic E-state index is 12.3. The molecular formula is C17H23NO5S2. The van der Waals surface area contributed by atoms with Gasteiger partial charge in [0.15, 0.2) is 15.9 Å². The van der Waals surface area contributed by atoms with Crippen LogP contribution < -0.4 is 5.32 Å². The minimum absolute atomic E-state index is 0.0464. The zero-order valence-electron chi connectivity index (χ0n) is 14.4. The fourth-order valence-corrected chi connectivity index (χ4v) is 6.07. The third-order valence-electron chi connectivity index (χ3n) is 4.76. The number of aryl methyl sites for hydroxylation is 1. The summed E-state index contributed by atoms with van der Waals surface area (Å²) in [5, 5.41) is 2.65. The Kier molecular flexibility index (Phi) is 5.20.